The summed E-state index contributed by atoms with van der Waals surface area (Å²) in [4.78, 5) is 33.2. The Bertz CT molecular complexity index is 957. The predicted octanol–water partition coefficient (Wildman–Crippen LogP) is 4.12. The first kappa shape index (κ1) is 19.3. The standard InChI is InChI=1S/C19H22N4O2S2/c1-5-23(6-2)19-22-18-14(27-19)10-13(26-18)16(24)21-12-9-7-8-11(3)15(12)17(25)20-4/h7-10H,5-6H2,1-4H3,(H,20,25)(H,21,24). The van der Waals surface area contributed by atoms with E-state index < -0.39 is 0 Å². The van der Waals surface area contributed by atoms with Gasteiger partial charge in [0.05, 0.1) is 20.8 Å². The SMILES string of the molecule is CCN(CC)c1nc2sc(C(=O)Nc3cccc(C)c3C(=O)NC)cc2s1. The van der Waals surface area contributed by atoms with E-state index in [-0.39, 0.29) is 11.8 Å². The predicted molar refractivity (Wildman–Crippen MR) is 114 cm³/mol. The number of aromatic nitrogens is 1. The van der Waals surface area contributed by atoms with Crippen LogP contribution in [0.4, 0.5) is 10.8 Å². The number of aryl methyl sites for hydroxylation is 1. The van der Waals surface area contributed by atoms with Crippen LogP contribution in [0.1, 0.15) is 39.4 Å². The lowest BCUT2D eigenvalue weighted by molar-refractivity contribution is 0.0963. The summed E-state index contributed by atoms with van der Waals surface area (Å²) in [6.07, 6.45) is 0. The van der Waals surface area contributed by atoms with E-state index in [0.29, 0.717) is 16.1 Å². The minimum Gasteiger partial charge on any atom is -0.355 e. The molecule has 0 atom stereocenters. The maximum Gasteiger partial charge on any atom is 0.265 e. The van der Waals surface area contributed by atoms with E-state index in [0.717, 1.165) is 33.3 Å². The van der Waals surface area contributed by atoms with E-state index in [1.807, 2.05) is 25.1 Å². The molecule has 0 spiro atoms. The van der Waals surface area contributed by atoms with Crippen molar-refractivity contribution in [1.29, 1.82) is 0 Å². The highest BCUT2D eigenvalue weighted by molar-refractivity contribution is 7.29. The second-order valence-corrected chi connectivity index (χ2v) is 8.02. The zero-order valence-electron chi connectivity index (χ0n) is 15.8. The molecule has 142 valence electrons. The number of fused-ring (bicyclic) bond motifs is 1. The summed E-state index contributed by atoms with van der Waals surface area (Å²) in [5.74, 6) is -0.452. The van der Waals surface area contributed by atoms with Crippen molar-refractivity contribution in [2.75, 3.05) is 30.4 Å². The smallest absolute Gasteiger partial charge is 0.265 e. The molecule has 3 rings (SSSR count). The third-order valence-electron chi connectivity index (χ3n) is 4.31. The topological polar surface area (TPSA) is 74.3 Å². The molecule has 0 unspecified atom stereocenters. The van der Waals surface area contributed by atoms with Gasteiger partial charge in [-0.05, 0) is 38.5 Å². The summed E-state index contributed by atoms with van der Waals surface area (Å²) >= 11 is 2.96. The van der Waals surface area contributed by atoms with Crippen LogP contribution < -0.4 is 15.5 Å². The van der Waals surface area contributed by atoms with Crippen LogP contribution in [0, 0.1) is 6.92 Å². The van der Waals surface area contributed by atoms with Crippen LogP contribution in [-0.4, -0.2) is 36.9 Å². The molecule has 8 heteroatoms. The lowest BCUT2D eigenvalue weighted by atomic mass is 10.1. The third-order valence-corrected chi connectivity index (χ3v) is 6.53. The Morgan fingerprint density at radius 3 is 2.52 bits per heavy atom. The number of hydrogen-bond acceptors (Lipinski definition) is 6. The van der Waals surface area contributed by atoms with Crippen molar-refractivity contribution < 1.29 is 9.59 Å². The Balaban J connectivity index is 1.86. The molecule has 0 fully saturated rings. The summed E-state index contributed by atoms with van der Waals surface area (Å²) < 4.78 is 1.00. The summed E-state index contributed by atoms with van der Waals surface area (Å²) in [5.41, 5.74) is 1.80. The monoisotopic (exact) mass is 402 g/mol. The van der Waals surface area contributed by atoms with Gasteiger partial charge in [-0.1, -0.05) is 23.5 Å². The Kier molecular flexibility index (Phi) is 5.76. The van der Waals surface area contributed by atoms with Gasteiger partial charge in [0.2, 0.25) is 0 Å². The van der Waals surface area contributed by atoms with E-state index in [9.17, 15) is 9.59 Å². The van der Waals surface area contributed by atoms with Crippen LogP contribution in [0.25, 0.3) is 9.53 Å². The average molecular weight is 403 g/mol. The minimum atomic E-state index is -0.231. The van der Waals surface area contributed by atoms with E-state index in [1.54, 1.807) is 24.5 Å². The molecule has 2 N–H and O–H groups in total. The Hall–Kier alpha value is -2.45. The second-order valence-electron chi connectivity index (χ2n) is 5.98. The average Bonchev–Trinajstić information content (AvgIpc) is 3.21. The fraction of sp³-hybridized carbons (Fsp3) is 0.316. The molecular weight excluding hydrogens is 380 g/mol. The van der Waals surface area contributed by atoms with Crippen molar-refractivity contribution in [2.24, 2.45) is 0 Å². The van der Waals surface area contributed by atoms with Crippen molar-refractivity contribution in [3.63, 3.8) is 0 Å². The molecule has 3 aromatic rings. The molecule has 2 amide bonds. The minimum absolute atomic E-state index is 0.221. The van der Waals surface area contributed by atoms with Gasteiger partial charge in [0.1, 0.15) is 4.83 Å². The largest absolute Gasteiger partial charge is 0.355 e. The zero-order valence-corrected chi connectivity index (χ0v) is 17.4. The molecular formula is C19H22N4O2S2. The molecule has 1 aromatic carbocycles. The Morgan fingerprint density at radius 2 is 1.89 bits per heavy atom. The number of thiazole rings is 1. The van der Waals surface area contributed by atoms with E-state index in [1.165, 1.54) is 11.3 Å². The zero-order chi connectivity index (χ0) is 19.6. The van der Waals surface area contributed by atoms with Gasteiger partial charge in [-0.3, -0.25) is 9.59 Å². The number of nitrogens with zero attached hydrogens (tertiary/aromatic N) is 2. The maximum atomic E-state index is 12.7. The second kappa shape index (κ2) is 8.06. The van der Waals surface area contributed by atoms with E-state index >= 15 is 0 Å². The quantitative estimate of drug-likeness (QED) is 0.650. The van der Waals surface area contributed by atoms with Gasteiger partial charge in [0, 0.05) is 20.1 Å². The van der Waals surface area contributed by atoms with Crippen LogP contribution in [0.5, 0.6) is 0 Å². The number of amides is 2. The van der Waals surface area contributed by atoms with Gasteiger partial charge < -0.3 is 15.5 Å². The third kappa shape index (κ3) is 3.81. The van der Waals surface area contributed by atoms with Crippen molar-refractivity contribution in [3.05, 3.63) is 40.3 Å². The normalized spacial score (nSPS) is 10.8. The van der Waals surface area contributed by atoms with Gasteiger partial charge in [0.15, 0.2) is 5.13 Å². The molecule has 0 saturated heterocycles. The van der Waals surface area contributed by atoms with Gasteiger partial charge in [-0.15, -0.1) is 11.3 Å². The van der Waals surface area contributed by atoms with Gasteiger partial charge in [-0.2, -0.15) is 0 Å². The Labute approximate surface area is 166 Å². The number of anilines is 2. The van der Waals surface area contributed by atoms with Crippen LogP contribution >= 0.6 is 22.7 Å². The summed E-state index contributed by atoms with van der Waals surface area (Å²) in [7, 11) is 1.58. The van der Waals surface area contributed by atoms with Crippen molar-refractivity contribution in [2.45, 2.75) is 20.8 Å². The van der Waals surface area contributed by atoms with Crippen LogP contribution in [0.15, 0.2) is 24.3 Å². The summed E-state index contributed by atoms with van der Waals surface area (Å²) in [6.45, 7) is 7.86. The molecule has 0 saturated carbocycles. The van der Waals surface area contributed by atoms with Gasteiger partial charge in [0.25, 0.3) is 11.8 Å². The molecule has 0 radical (unpaired) electrons. The molecule has 0 bridgehead atoms. The first-order valence-electron chi connectivity index (χ1n) is 8.76. The van der Waals surface area contributed by atoms with Crippen LogP contribution in [0.2, 0.25) is 0 Å². The highest BCUT2D eigenvalue weighted by Gasteiger charge is 2.19. The lowest BCUT2D eigenvalue weighted by Gasteiger charge is -2.16. The molecule has 6 nitrogen and oxygen atoms in total. The van der Waals surface area contributed by atoms with Crippen LogP contribution in [-0.2, 0) is 0 Å². The fourth-order valence-electron chi connectivity index (χ4n) is 2.85. The lowest BCUT2D eigenvalue weighted by Crippen LogP contribution is -2.22. The van der Waals surface area contributed by atoms with Gasteiger partial charge in [-0.25, -0.2) is 4.98 Å². The van der Waals surface area contributed by atoms with E-state index in [2.05, 4.69) is 34.4 Å². The Morgan fingerprint density at radius 1 is 1.15 bits per heavy atom. The highest BCUT2D eigenvalue weighted by atomic mass is 32.1. The van der Waals surface area contributed by atoms with Crippen LogP contribution in [0.3, 0.4) is 0 Å². The first-order valence-corrected chi connectivity index (χ1v) is 10.4. The first-order chi connectivity index (χ1) is 13.0. The molecule has 0 aliphatic heterocycles. The number of carbonyl (C=O) groups excluding carboxylic acids is 2. The maximum absolute atomic E-state index is 12.7. The summed E-state index contributed by atoms with van der Waals surface area (Å²) in [6, 6.07) is 7.28. The fourth-order valence-corrected chi connectivity index (χ4v) is 5.08. The summed E-state index contributed by atoms with van der Waals surface area (Å²) in [5, 5.41) is 6.47. The highest BCUT2D eigenvalue weighted by Crippen LogP contribution is 2.35. The van der Waals surface area contributed by atoms with Crippen molar-refractivity contribution in [1.82, 2.24) is 10.3 Å². The molecule has 2 heterocycles. The number of carbonyl (C=O) groups is 2. The number of benzene rings is 1. The molecule has 0 aliphatic rings. The van der Waals surface area contributed by atoms with Gasteiger partial charge >= 0.3 is 0 Å². The molecule has 2 aromatic heterocycles. The van der Waals surface area contributed by atoms with Crippen molar-refractivity contribution in [3.8, 4) is 0 Å². The molecule has 27 heavy (non-hydrogen) atoms. The number of hydrogen-bond donors (Lipinski definition) is 2. The number of rotatable bonds is 6. The number of thiophene rings is 1. The van der Waals surface area contributed by atoms with Crippen molar-refractivity contribution >= 4 is 54.8 Å². The number of nitrogens with one attached hydrogen (secondary N) is 2. The molecule has 0 aliphatic carbocycles. The van der Waals surface area contributed by atoms with E-state index in [4.69, 9.17) is 0 Å².